The molecule has 1 unspecified atom stereocenters. The largest absolute Gasteiger partial charge is 0.550 e. The summed E-state index contributed by atoms with van der Waals surface area (Å²) < 4.78 is 67.5. The highest BCUT2D eigenvalue weighted by Gasteiger charge is 2.32. The Morgan fingerprint density at radius 3 is 2.24 bits per heavy atom. The van der Waals surface area contributed by atoms with Crippen LogP contribution in [0.4, 0.5) is 8.78 Å². The van der Waals surface area contributed by atoms with Crippen molar-refractivity contribution in [1.29, 1.82) is 0 Å². The molecule has 1 fully saturated rings. The molecule has 5 rings (SSSR count). The first-order valence-corrected chi connectivity index (χ1v) is 19.5. The van der Waals surface area contributed by atoms with Gasteiger partial charge in [0.15, 0.2) is 40.4 Å². The van der Waals surface area contributed by atoms with Crippen molar-refractivity contribution >= 4 is 56.9 Å². The number of quaternary nitrogens is 1. The van der Waals surface area contributed by atoms with Gasteiger partial charge in [0.05, 0.1) is 65.9 Å². The average molecular weight is 834 g/mol. The number of methoxy groups -OCH3 is 2. The molecule has 58 heavy (non-hydrogen) atoms. The van der Waals surface area contributed by atoms with Crippen molar-refractivity contribution in [3.63, 3.8) is 0 Å². The van der Waals surface area contributed by atoms with Crippen LogP contribution in [0.2, 0.25) is 0 Å². The number of likely N-dealkylation sites (tertiary alicyclic amines) is 1. The number of fused-ring (bicyclic) bond motifs is 2. The van der Waals surface area contributed by atoms with E-state index in [-0.39, 0.29) is 115 Å². The van der Waals surface area contributed by atoms with Gasteiger partial charge in [-0.15, -0.1) is 11.3 Å². The number of carboxylic acids is 1. The molecule has 2 atom stereocenters. The number of Topliss-reactive ketones (excluding diaryl/α,β-unsaturated/α-hetero) is 1. The Morgan fingerprint density at radius 1 is 0.931 bits per heavy atom. The molecule has 2 aromatic carbocycles. The SMILES string of the molecule is [3H]C1CC(=O)N(CC[N+](C)(C)C[C@H](C)OC(=O)CCC(=O)c2cc3c(F)c(OCCCOc4c(OC)cc5c(c4F)CN(C(=O)CCC(=O)[O-])C5)c(OC)cc3s2)C1=O. The number of halogens is 2. The van der Waals surface area contributed by atoms with Gasteiger partial charge >= 0.3 is 5.97 Å². The minimum Gasteiger partial charge on any atom is -0.550 e. The van der Waals surface area contributed by atoms with Crippen LogP contribution >= 0.6 is 11.3 Å². The van der Waals surface area contributed by atoms with Crippen LogP contribution in [0.5, 0.6) is 23.0 Å². The van der Waals surface area contributed by atoms with Crippen LogP contribution in [0.25, 0.3) is 10.1 Å². The number of carboxylic acid groups (broad SMARTS) is 1. The minimum atomic E-state index is -1.35. The molecule has 0 aliphatic carbocycles. The summed E-state index contributed by atoms with van der Waals surface area (Å²) in [6.07, 6.45) is -2.64. The summed E-state index contributed by atoms with van der Waals surface area (Å²) in [7, 11) is 6.41. The van der Waals surface area contributed by atoms with Crippen molar-refractivity contribution < 1.29 is 72.2 Å². The lowest BCUT2D eigenvalue weighted by Gasteiger charge is -2.33. The van der Waals surface area contributed by atoms with Crippen LogP contribution in [0.15, 0.2) is 18.2 Å². The summed E-state index contributed by atoms with van der Waals surface area (Å²) in [5.41, 5.74) is 0.736. The van der Waals surface area contributed by atoms with Gasteiger partial charge in [-0.3, -0.25) is 28.9 Å². The van der Waals surface area contributed by atoms with E-state index >= 15 is 8.78 Å². The Morgan fingerprint density at radius 2 is 1.60 bits per heavy atom. The molecule has 0 N–H and O–H groups in total. The number of ketones is 1. The topological polar surface area (TPSA) is 178 Å². The number of hydrogen-bond acceptors (Lipinski definition) is 13. The molecular formula is C40H47F2N3O12S. The lowest BCUT2D eigenvalue weighted by molar-refractivity contribution is -0.892. The van der Waals surface area contributed by atoms with Gasteiger partial charge in [0.1, 0.15) is 12.6 Å². The number of carbonyl (C=O) groups is 6. The van der Waals surface area contributed by atoms with Crippen molar-refractivity contribution in [2.24, 2.45) is 0 Å². The van der Waals surface area contributed by atoms with Crippen LogP contribution < -0.4 is 24.1 Å². The molecule has 15 nitrogen and oxygen atoms in total. The van der Waals surface area contributed by atoms with Crippen molar-refractivity contribution in [2.45, 2.75) is 71.0 Å². The number of thiophene rings is 1. The van der Waals surface area contributed by atoms with Crippen molar-refractivity contribution in [3.8, 4) is 23.0 Å². The fourth-order valence-corrected chi connectivity index (χ4v) is 7.85. The molecular weight excluding hydrogens is 785 g/mol. The van der Waals surface area contributed by atoms with E-state index in [4.69, 9.17) is 25.1 Å². The lowest BCUT2D eigenvalue weighted by atomic mass is 10.1. The summed E-state index contributed by atoms with van der Waals surface area (Å²) in [6.45, 7) is 2.53. The number of benzene rings is 2. The first-order valence-electron chi connectivity index (χ1n) is 19.2. The van der Waals surface area contributed by atoms with E-state index in [1.54, 1.807) is 19.1 Å². The van der Waals surface area contributed by atoms with E-state index in [9.17, 15) is 33.9 Å². The molecule has 0 saturated carbocycles. The van der Waals surface area contributed by atoms with E-state index < -0.39 is 54.3 Å². The molecule has 18 heteroatoms. The van der Waals surface area contributed by atoms with Gasteiger partial charge in [0.2, 0.25) is 17.7 Å². The number of likely N-dealkylation sites (N-methyl/N-ethyl adjacent to an activating group) is 1. The van der Waals surface area contributed by atoms with Crippen molar-refractivity contribution in [2.75, 3.05) is 61.2 Å². The molecule has 3 amide bonds. The number of carbonyl (C=O) groups excluding carboxylic acids is 6. The Hall–Kier alpha value is -5.36. The van der Waals surface area contributed by atoms with Crippen LogP contribution in [-0.2, 0) is 41.8 Å². The minimum absolute atomic E-state index is 0.0571. The fourth-order valence-electron chi connectivity index (χ4n) is 6.79. The van der Waals surface area contributed by atoms with Gasteiger partial charge in [-0.05, 0) is 31.0 Å². The highest BCUT2D eigenvalue weighted by atomic mass is 32.1. The normalized spacial score (nSPS) is 16.0. The van der Waals surface area contributed by atoms with Gasteiger partial charge in [-0.1, -0.05) is 0 Å². The third-order valence-corrected chi connectivity index (χ3v) is 10.9. The van der Waals surface area contributed by atoms with E-state index in [1.807, 2.05) is 14.1 Å². The third kappa shape index (κ3) is 10.6. The number of hydrogen-bond donors (Lipinski definition) is 0. The van der Waals surface area contributed by atoms with Crippen molar-refractivity contribution in [3.05, 3.63) is 45.8 Å². The number of imide groups is 1. The Kier molecular flexibility index (Phi) is 13.8. The summed E-state index contributed by atoms with van der Waals surface area (Å²) in [4.78, 5) is 75.7. The van der Waals surface area contributed by atoms with Crippen LogP contribution in [0.3, 0.4) is 0 Å². The monoisotopic (exact) mass is 833 g/mol. The predicted octanol–water partition coefficient (Wildman–Crippen LogP) is 3.54. The maximum atomic E-state index is 15.8. The van der Waals surface area contributed by atoms with Gasteiger partial charge in [-0.25, -0.2) is 8.78 Å². The smallest absolute Gasteiger partial charge is 0.306 e. The maximum Gasteiger partial charge on any atom is 0.306 e. The Balaban J connectivity index is 1.11. The molecule has 3 aromatic rings. The molecule has 0 bridgehead atoms. The Labute approximate surface area is 339 Å². The number of aliphatic carboxylic acids is 1. The molecule has 1 aromatic heterocycles. The predicted molar refractivity (Wildman–Crippen MR) is 202 cm³/mol. The van der Waals surface area contributed by atoms with Gasteiger partial charge in [-0.2, -0.15) is 0 Å². The van der Waals surface area contributed by atoms with E-state index in [0.717, 1.165) is 16.2 Å². The summed E-state index contributed by atoms with van der Waals surface area (Å²) in [5.74, 6) is -5.32. The number of amides is 3. The van der Waals surface area contributed by atoms with Crippen LogP contribution in [0.1, 0.15) is 74.0 Å². The van der Waals surface area contributed by atoms with Gasteiger partial charge in [0.25, 0.3) is 0 Å². The highest BCUT2D eigenvalue weighted by Crippen LogP contribution is 2.41. The maximum absolute atomic E-state index is 15.8. The first kappa shape index (κ1) is 42.3. The van der Waals surface area contributed by atoms with Crippen molar-refractivity contribution in [1.82, 2.24) is 9.80 Å². The zero-order valence-electron chi connectivity index (χ0n) is 34.0. The lowest BCUT2D eigenvalue weighted by Crippen LogP contribution is -2.50. The van der Waals surface area contributed by atoms with Crippen LogP contribution in [0, 0.1) is 11.6 Å². The van der Waals surface area contributed by atoms with Crippen LogP contribution in [-0.4, -0.2) is 117 Å². The summed E-state index contributed by atoms with van der Waals surface area (Å²) >= 11 is 1.04. The van der Waals surface area contributed by atoms with Gasteiger partial charge < -0.3 is 43.0 Å². The molecule has 314 valence electrons. The molecule has 0 radical (unpaired) electrons. The average Bonchev–Trinajstić information content (AvgIpc) is 3.88. The second-order valence-corrected chi connectivity index (χ2v) is 15.7. The standard InChI is InChI=1S/C40H47F2N3O12S/c1-23(22-45(2,3)14-13-44-33(48)8-9-34(44)49)57-36(52)12-7-27(46)31-18-25-30(58-31)19-29(54-5)40(37(25)41)56-16-6-15-55-39-28(53-4)17-24-20-43(21-26(24)38(39)42)32(47)10-11-35(50)51/h17-19,23H,6-16,20-22H2,1-5H3/t23-/m0/s1/i8T/t8?,23-. The second-order valence-electron chi connectivity index (χ2n) is 14.6. The summed E-state index contributed by atoms with van der Waals surface area (Å²) in [6, 6.07) is 4.49. The highest BCUT2D eigenvalue weighted by molar-refractivity contribution is 7.20. The quantitative estimate of drug-likeness (QED) is 0.0502. The van der Waals surface area contributed by atoms with E-state index in [2.05, 4.69) is 0 Å². The number of nitrogens with zero attached hydrogens (tertiary/aromatic N) is 3. The summed E-state index contributed by atoms with van der Waals surface area (Å²) in [5, 5.41) is 10.9. The second kappa shape index (κ2) is 18.9. The number of esters is 1. The zero-order chi connectivity index (χ0) is 43.2. The fraction of sp³-hybridized carbons (Fsp3) is 0.500. The molecule has 1 saturated heterocycles. The third-order valence-electron chi connectivity index (χ3n) is 9.75. The van der Waals surface area contributed by atoms with E-state index in [1.165, 1.54) is 25.2 Å². The Bertz CT molecular complexity index is 2130. The number of rotatable bonds is 21. The number of ether oxygens (including phenoxy) is 5. The molecule has 2 aliphatic rings. The first-order chi connectivity index (χ1) is 27.9. The molecule has 0 spiro atoms. The molecule has 3 heterocycles. The van der Waals surface area contributed by atoms with Gasteiger partial charge in [0, 0.05) is 74.2 Å². The van der Waals surface area contributed by atoms with E-state index in [0.29, 0.717) is 27.8 Å². The molecule has 2 aliphatic heterocycles. The zero-order valence-corrected chi connectivity index (χ0v) is 33.8.